The van der Waals surface area contributed by atoms with E-state index in [2.05, 4.69) is 4.72 Å². The number of hydrogen-bond donors (Lipinski definition) is 3. The van der Waals surface area contributed by atoms with Gasteiger partial charge in [0, 0.05) is 32.7 Å². The maximum atomic E-state index is 12.2. The van der Waals surface area contributed by atoms with Gasteiger partial charge >= 0.3 is 5.97 Å². The highest BCUT2D eigenvalue weighted by Gasteiger charge is 2.32. The number of sulfonamides is 2. The van der Waals surface area contributed by atoms with Crippen LogP contribution < -0.4 is 4.72 Å². The predicted molar refractivity (Wildman–Crippen MR) is 92.7 cm³/mol. The van der Waals surface area contributed by atoms with Gasteiger partial charge < -0.3 is 10.2 Å². The third-order valence-electron chi connectivity index (χ3n) is 4.08. The van der Waals surface area contributed by atoms with Crippen LogP contribution in [0.4, 0.5) is 0 Å². The Hall–Kier alpha value is -1.73. The summed E-state index contributed by atoms with van der Waals surface area (Å²) in [5, 5.41) is 18.6. The zero-order valence-electron chi connectivity index (χ0n) is 14.1. The van der Waals surface area contributed by atoms with Crippen molar-refractivity contribution >= 4 is 26.0 Å². The first-order valence-electron chi connectivity index (χ1n) is 7.71. The molecule has 0 amide bonds. The number of aromatic hydroxyl groups is 1. The standard InChI is InChI=1S/C14H21N3O7S2/c1-25(21,22)17-8-6-16(7-9-17)13(14(19)20)10-15-26(23,24)12-4-2-11(18)3-5-12/h2-5,13,15,18H,6-10H2,1H3,(H,19,20). The van der Waals surface area contributed by atoms with Gasteiger partial charge in [0.05, 0.1) is 11.2 Å². The number of phenolic OH excluding ortho intramolecular Hbond substituents is 1. The van der Waals surface area contributed by atoms with E-state index < -0.39 is 32.1 Å². The largest absolute Gasteiger partial charge is 0.508 e. The molecule has 0 spiro atoms. The van der Waals surface area contributed by atoms with Gasteiger partial charge in [-0.15, -0.1) is 0 Å². The van der Waals surface area contributed by atoms with Crippen molar-refractivity contribution in [2.24, 2.45) is 0 Å². The maximum absolute atomic E-state index is 12.2. The summed E-state index contributed by atoms with van der Waals surface area (Å²) >= 11 is 0. The van der Waals surface area contributed by atoms with Crippen LogP contribution in [-0.2, 0) is 24.8 Å². The van der Waals surface area contributed by atoms with Crippen LogP contribution in [0.2, 0.25) is 0 Å². The molecule has 1 heterocycles. The molecule has 146 valence electrons. The molecule has 1 aromatic rings. The number of aliphatic carboxylic acids is 1. The molecule has 1 aliphatic rings. The van der Waals surface area contributed by atoms with Crippen molar-refractivity contribution in [3.8, 4) is 5.75 Å². The summed E-state index contributed by atoms with van der Waals surface area (Å²) in [5.41, 5.74) is 0. The van der Waals surface area contributed by atoms with E-state index >= 15 is 0 Å². The first-order valence-corrected chi connectivity index (χ1v) is 11.0. The number of benzene rings is 1. The molecule has 2 rings (SSSR count). The van der Waals surface area contributed by atoms with Crippen molar-refractivity contribution < 1.29 is 31.8 Å². The van der Waals surface area contributed by atoms with Gasteiger partial charge in [0.25, 0.3) is 0 Å². The Morgan fingerprint density at radius 3 is 2.12 bits per heavy atom. The Kier molecular flexibility index (Phi) is 6.24. The second kappa shape index (κ2) is 7.88. The molecule has 1 fully saturated rings. The number of piperazine rings is 1. The smallest absolute Gasteiger partial charge is 0.322 e. The van der Waals surface area contributed by atoms with E-state index in [-0.39, 0.29) is 43.4 Å². The molecule has 0 bridgehead atoms. The van der Waals surface area contributed by atoms with E-state index in [1.54, 1.807) is 0 Å². The van der Waals surface area contributed by atoms with Gasteiger partial charge in [-0.25, -0.2) is 21.6 Å². The van der Waals surface area contributed by atoms with E-state index in [0.717, 1.165) is 6.26 Å². The summed E-state index contributed by atoms with van der Waals surface area (Å²) in [4.78, 5) is 13.0. The fourth-order valence-corrected chi connectivity index (χ4v) is 4.48. The van der Waals surface area contributed by atoms with Crippen molar-refractivity contribution in [1.29, 1.82) is 0 Å². The lowest BCUT2D eigenvalue weighted by molar-refractivity contribution is -0.143. The average molecular weight is 407 g/mol. The van der Waals surface area contributed by atoms with Crippen LogP contribution in [0.3, 0.4) is 0 Å². The molecule has 1 aromatic carbocycles. The minimum Gasteiger partial charge on any atom is -0.508 e. The molecule has 1 unspecified atom stereocenters. The Labute approximate surface area is 152 Å². The first-order chi connectivity index (χ1) is 12.0. The zero-order valence-corrected chi connectivity index (χ0v) is 15.7. The van der Waals surface area contributed by atoms with Crippen LogP contribution in [0, 0.1) is 0 Å². The highest BCUT2D eigenvalue weighted by molar-refractivity contribution is 7.89. The molecule has 0 aromatic heterocycles. The summed E-state index contributed by atoms with van der Waals surface area (Å²) in [6.45, 7) is 0.300. The van der Waals surface area contributed by atoms with Crippen LogP contribution in [-0.4, -0.2) is 87.2 Å². The quantitative estimate of drug-likeness (QED) is 0.506. The maximum Gasteiger partial charge on any atom is 0.322 e. The fraction of sp³-hybridized carbons (Fsp3) is 0.500. The van der Waals surface area contributed by atoms with Gasteiger partial charge in [0.15, 0.2) is 0 Å². The Morgan fingerprint density at radius 1 is 1.12 bits per heavy atom. The summed E-state index contributed by atoms with van der Waals surface area (Å²) in [6.07, 6.45) is 1.09. The molecule has 10 nitrogen and oxygen atoms in total. The van der Waals surface area contributed by atoms with Gasteiger partial charge in [-0.2, -0.15) is 4.31 Å². The molecule has 1 aliphatic heterocycles. The lowest BCUT2D eigenvalue weighted by atomic mass is 10.2. The van der Waals surface area contributed by atoms with Crippen LogP contribution in [0.25, 0.3) is 0 Å². The molecular weight excluding hydrogens is 386 g/mol. The number of phenols is 1. The minimum absolute atomic E-state index is 0.0869. The van der Waals surface area contributed by atoms with Crippen molar-refractivity contribution in [3.05, 3.63) is 24.3 Å². The van der Waals surface area contributed by atoms with Crippen LogP contribution in [0.5, 0.6) is 5.75 Å². The van der Waals surface area contributed by atoms with Gasteiger partial charge in [0.1, 0.15) is 11.8 Å². The molecular formula is C14H21N3O7S2. The van der Waals surface area contributed by atoms with Crippen LogP contribution in [0.1, 0.15) is 0 Å². The monoisotopic (exact) mass is 407 g/mol. The minimum atomic E-state index is -3.94. The highest BCUT2D eigenvalue weighted by Crippen LogP contribution is 2.15. The molecule has 0 aliphatic carbocycles. The van der Waals surface area contributed by atoms with Crippen molar-refractivity contribution in [2.45, 2.75) is 10.9 Å². The van der Waals surface area contributed by atoms with Crippen molar-refractivity contribution in [3.63, 3.8) is 0 Å². The third-order valence-corrected chi connectivity index (χ3v) is 6.82. The van der Waals surface area contributed by atoms with E-state index in [4.69, 9.17) is 0 Å². The molecule has 0 saturated carbocycles. The number of carboxylic acid groups (broad SMARTS) is 1. The summed E-state index contributed by atoms with van der Waals surface area (Å²) in [7, 11) is -7.28. The summed E-state index contributed by atoms with van der Waals surface area (Å²) in [5.74, 6) is -1.29. The summed E-state index contributed by atoms with van der Waals surface area (Å²) in [6, 6.07) is 3.72. The lowest BCUT2D eigenvalue weighted by Crippen LogP contribution is -2.56. The number of carboxylic acids is 1. The van der Waals surface area contributed by atoms with E-state index in [0.29, 0.717) is 0 Å². The number of carbonyl (C=O) groups is 1. The summed E-state index contributed by atoms with van der Waals surface area (Å²) < 4.78 is 51.0. The Bertz CT molecular complexity index is 845. The van der Waals surface area contributed by atoms with Gasteiger partial charge in [-0.05, 0) is 24.3 Å². The van der Waals surface area contributed by atoms with Crippen molar-refractivity contribution in [1.82, 2.24) is 13.9 Å². The SMILES string of the molecule is CS(=O)(=O)N1CCN(C(CNS(=O)(=O)c2ccc(O)cc2)C(=O)O)CC1. The first kappa shape index (κ1) is 20.6. The molecule has 3 N–H and O–H groups in total. The molecule has 1 atom stereocenters. The molecule has 12 heteroatoms. The van der Waals surface area contributed by atoms with Crippen molar-refractivity contribution in [2.75, 3.05) is 39.0 Å². The molecule has 26 heavy (non-hydrogen) atoms. The molecule has 0 radical (unpaired) electrons. The second-order valence-corrected chi connectivity index (χ2v) is 9.65. The predicted octanol–water partition coefficient (Wildman–Crippen LogP) is -1.30. The van der Waals surface area contributed by atoms with E-state index in [1.165, 1.54) is 33.5 Å². The number of nitrogens with zero attached hydrogens (tertiary/aromatic N) is 2. The number of nitrogens with one attached hydrogen (secondary N) is 1. The number of hydrogen-bond acceptors (Lipinski definition) is 7. The average Bonchev–Trinajstić information content (AvgIpc) is 2.54. The normalized spacial score (nSPS) is 18.5. The fourth-order valence-electron chi connectivity index (χ4n) is 2.62. The van der Waals surface area contributed by atoms with Gasteiger partial charge in [-0.3, -0.25) is 9.69 Å². The number of rotatable bonds is 7. The lowest BCUT2D eigenvalue weighted by Gasteiger charge is -2.36. The van der Waals surface area contributed by atoms with Crippen LogP contribution in [0.15, 0.2) is 29.2 Å². The van der Waals surface area contributed by atoms with E-state index in [9.17, 15) is 31.8 Å². The van der Waals surface area contributed by atoms with E-state index in [1.807, 2.05) is 0 Å². The van der Waals surface area contributed by atoms with Gasteiger partial charge in [0.2, 0.25) is 20.0 Å². The Morgan fingerprint density at radius 2 is 1.65 bits per heavy atom. The van der Waals surface area contributed by atoms with Crippen LogP contribution >= 0.6 is 0 Å². The Balaban J connectivity index is 2.03. The van der Waals surface area contributed by atoms with Gasteiger partial charge in [-0.1, -0.05) is 0 Å². The highest BCUT2D eigenvalue weighted by atomic mass is 32.2. The second-order valence-electron chi connectivity index (χ2n) is 5.90. The molecule has 1 saturated heterocycles. The zero-order chi connectivity index (χ0) is 19.5. The third kappa shape index (κ3) is 5.14. The topological polar surface area (TPSA) is 144 Å².